The van der Waals surface area contributed by atoms with Gasteiger partial charge in [0.05, 0.1) is 11.5 Å². The van der Waals surface area contributed by atoms with Gasteiger partial charge in [0, 0.05) is 6.61 Å². The van der Waals surface area contributed by atoms with E-state index < -0.39 is 4.92 Å². The SMILES string of the molecule is CCCOCCOc1cccc(Cl)c1[N+](=O)[O-]. The summed E-state index contributed by atoms with van der Waals surface area (Å²) in [5.74, 6) is 0.169. The predicted molar refractivity (Wildman–Crippen MR) is 64.7 cm³/mol. The maximum atomic E-state index is 10.8. The van der Waals surface area contributed by atoms with Crippen LogP contribution in [0.3, 0.4) is 0 Å². The fourth-order valence-electron chi connectivity index (χ4n) is 1.25. The van der Waals surface area contributed by atoms with Crippen LogP contribution < -0.4 is 4.74 Å². The lowest BCUT2D eigenvalue weighted by Crippen LogP contribution is -2.08. The summed E-state index contributed by atoms with van der Waals surface area (Å²) < 4.78 is 10.5. The largest absolute Gasteiger partial charge is 0.484 e. The summed E-state index contributed by atoms with van der Waals surface area (Å²) in [5.41, 5.74) is -0.204. The number of rotatable bonds is 7. The van der Waals surface area contributed by atoms with Crippen molar-refractivity contribution in [3.63, 3.8) is 0 Å². The molecule has 1 rings (SSSR count). The topological polar surface area (TPSA) is 61.6 Å². The average molecular weight is 260 g/mol. The summed E-state index contributed by atoms with van der Waals surface area (Å²) in [6, 6.07) is 4.58. The second-order valence-corrected chi connectivity index (χ2v) is 3.71. The Balaban J connectivity index is 2.58. The third-order valence-corrected chi connectivity index (χ3v) is 2.27. The van der Waals surface area contributed by atoms with Gasteiger partial charge in [0.2, 0.25) is 0 Å². The number of halogens is 1. The molecule has 0 N–H and O–H groups in total. The lowest BCUT2D eigenvalue weighted by Gasteiger charge is -2.07. The molecular formula is C11H14ClNO4. The molecule has 0 aromatic heterocycles. The molecule has 0 fully saturated rings. The highest BCUT2D eigenvalue weighted by molar-refractivity contribution is 6.32. The molecule has 0 saturated carbocycles. The van der Waals surface area contributed by atoms with Gasteiger partial charge in [0.15, 0.2) is 5.75 Å². The number of para-hydroxylation sites is 1. The highest BCUT2D eigenvalue weighted by Crippen LogP contribution is 2.33. The van der Waals surface area contributed by atoms with Crippen LogP contribution >= 0.6 is 11.6 Å². The highest BCUT2D eigenvalue weighted by atomic mass is 35.5. The molecule has 6 heteroatoms. The molecule has 5 nitrogen and oxygen atoms in total. The van der Waals surface area contributed by atoms with Crippen molar-refractivity contribution in [1.82, 2.24) is 0 Å². The maximum absolute atomic E-state index is 10.8. The fourth-order valence-corrected chi connectivity index (χ4v) is 1.48. The summed E-state index contributed by atoms with van der Waals surface area (Å²) in [5, 5.41) is 10.9. The molecule has 94 valence electrons. The number of nitrogens with zero attached hydrogens (tertiary/aromatic N) is 1. The molecular weight excluding hydrogens is 246 g/mol. The second kappa shape index (κ2) is 7.09. The Kier molecular flexibility index (Phi) is 5.72. The van der Waals surface area contributed by atoms with Crippen molar-refractivity contribution in [3.8, 4) is 5.75 Å². The molecule has 1 aromatic rings. The van der Waals surface area contributed by atoms with Gasteiger partial charge in [0.1, 0.15) is 11.6 Å². The molecule has 0 saturated heterocycles. The Morgan fingerprint density at radius 3 is 2.76 bits per heavy atom. The van der Waals surface area contributed by atoms with Crippen LogP contribution in [0, 0.1) is 10.1 Å². The van der Waals surface area contributed by atoms with Crippen molar-refractivity contribution in [2.24, 2.45) is 0 Å². The predicted octanol–water partition coefficient (Wildman–Crippen LogP) is 3.05. The van der Waals surface area contributed by atoms with Gasteiger partial charge in [-0.1, -0.05) is 24.6 Å². The van der Waals surface area contributed by atoms with Gasteiger partial charge in [0.25, 0.3) is 0 Å². The van der Waals surface area contributed by atoms with E-state index >= 15 is 0 Å². The lowest BCUT2D eigenvalue weighted by atomic mass is 10.3. The van der Waals surface area contributed by atoms with Crippen molar-refractivity contribution < 1.29 is 14.4 Å². The summed E-state index contributed by atoms with van der Waals surface area (Å²) in [4.78, 5) is 10.2. The molecule has 0 bridgehead atoms. The molecule has 0 atom stereocenters. The molecule has 0 aliphatic rings. The van der Waals surface area contributed by atoms with Gasteiger partial charge < -0.3 is 9.47 Å². The van der Waals surface area contributed by atoms with E-state index in [-0.39, 0.29) is 23.1 Å². The minimum Gasteiger partial charge on any atom is -0.484 e. The second-order valence-electron chi connectivity index (χ2n) is 3.30. The molecule has 0 aliphatic heterocycles. The van der Waals surface area contributed by atoms with E-state index in [1.807, 2.05) is 6.92 Å². The monoisotopic (exact) mass is 259 g/mol. The number of nitro benzene ring substituents is 1. The van der Waals surface area contributed by atoms with Crippen LogP contribution in [0.4, 0.5) is 5.69 Å². The molecule has 17 heavy (non-hydrogen) atoms. The first-order valence-corrected chi connectivity index (χ1v) is 5.68. The number of hydrogen-bond acceptors (Lipinski definition) is 4. The smallest absolute Gasteiger partial charge is 0.329 e. The van der Waals surface area contributed by atoms with Gasteiger partial charge in [-0.2, -0.15) is 0 Å². The van der Waals surface area contributed by atoms with Gasteiger partial charge in [-0.25, -0.2) is 0 Å². The van der Waals surface area contributed by atoms with Crippen LogP contribution in [-0.4, -0.2) is 24.7 Å². The Hall–Kier alpha value is -1.33. The Bertz CT molecular complexity index is 384. The number of benzene rings is 1. The normalized spacial score (nSPS) is 10.2. The maximum Gasteiger partial charge on any atom is 0.329 e. The van der Waals surface area contributed by atoms with Crippen LogP contribution in [0.15, 0.2) is 18.2 Å². The summed E-state index contributed by atoms with van der Waals surface area (Å²) in [7, 11) is 0. The lowest BCUT2D eigenvalue weighted by molar-refractivity contribution is -0.385. The van der Waals surface area contributed by atoms with E-state index in [0.717, 1.165) is 6.42 Å². The first kappa shape index (κ1) is 13.7. The van der Waals surface area contributed by atoms with Crippen LogP contribution in [0.5, 0.6) is 5.75 Å². The first-order valence-electron chi connectivity index (χ1n) is 5.30. The summed E-state index contributed by atoms with van der Waals surface area (Å²) >= 11 is 5.73. The van der Waals surface area contributed by atoms with Crippen molar-refractivity contribution in [1.29, 1.82) is 0 Å². The molecule has 0 unspecified atom stereocenters. The Labute approximate surface area is 104 Å². The number of hydrogen-bond donors (Lipinski definition) is 0. The molecule has 0 amide bonds. The Morgan fingerprint density at radius 1 is 1.35 bits per heavy atom. The van der Waals surface area contributed by atoms with E-state index in [9.17, 15) is 10.1 Å². The zero-order valence-corrected chi connectivity index (χ0v) is 10.3. The molecule has 0 radical (unpaired) electrons. The summed E-state index contributed by atoms with van der Waals surface area (Å²) in [6.07, 6.45) is 0.928. The standard InChI is InChI=1S/C11H14ClNO4/c1-2-6-16-7-8-17-10-5-3-4-9(12)11(10)13(14)15/h3-5H,2,6-8H2,1H3. The van der Waals surface area contributed by atoms with Crippen molar-refractivity contribution in [2.45, 2.75) is 13.3 Å². The van der Waals surface area contributed by atoms with E-state index in [0.29, 0.717) is 13.2 Å². The molecule has 1 aromatic carbocycles. The Morgan fingerprint density at radius 2 is 2.12 bits per heavy atom. The van der Waals surface area contributed by atoms with Gasteiger partial charge in [-0.05, 0) is 18.6 Å². The van der Waals surface area contributed by atoms with Crippen molar-refractivity contribution in [3.05, 3.63) is 33.3 Å². The number of nitro groups is 1. The third kappa shape index (κ3) is 4.20. The molecule has 0 heterocycles. The fraction of sp³-hybridized carbons (Fsp3) is 0.455. The van der Waals surface area contributed by atoms with E-state index in [2.05, 4.69) is 0 Å². The first-order chi connectivity index (χ1) is 8.16. The average Bonchev–Trinajstić information content (AvgIpc) is 2.28. The van der Waals surface area contributed by atoms with Crippen LogP contribution in [0.25, 0.3) is 0 Å². The van der Waals surface area contributed by atoms with Crippen LogP contribution in [-0.2, 0) is 4.74 Å². The van der Waals surface area contributed by atoms with E-state index in [4.69, 9.17) is 21.1 Å². The van der Waals surface area contributed by atoms with Crippen molar-refractivity contribution >= 4 is 17.3 Å². The molecule has 0 aliphatic carbocycles. The quantitative estimate of drug-likeness (QED) is 0.429. The minimum absolute atomic E-state index is 0.0713. The van der Waals surface area contributed by atoms with Crippen LogP contribution in [0.2, 0.25) is 5.02 Å². The molecule has 0 spiro atoms. The van der Waals surface area contributed by atoms with Crippen molar-refractivity contribution in [2.75, 3.05) is 19.8 Å². The van der Waals surface area contributed by atoms with Crippen LogP contribution in [0.1, 0.15) is 13.3 Å². The van der Waals surface area contributed by atoms with E-state index in [1.54, 1.807) is 6.07 Å². The zero-order chi connectivity index (χ0) is 12.7. The summed E-state index contributed by atoms with van der Waals surface area (Å²) in [6.45, 7) is 3.32. The van der Waals surface area contributed by atoms with Gasteiger partial charge in [-0.3, -0.25) is 10.1 Å². The van der Waals surface area contributed by atoms with E-state index in [1.165, 1.54) is 12.1 Å². The third-order valence-electron chi connectivity index (χ3n) is 1.97. The van der Waals surface area contributed by atoms with Gasteiger partial charge in [-0.15, -0.1) is 0 Å². The zero-order valence-electron chi connectivity index (χ0n) is 9.52. The number of ether oxygens (including phenoxy) is 2. The highest BCUT2D eigenvalue weighted by Gasteiger charge is 2.19. The van der Waals surface area contributed by atoms with Gasteiger partial charge >= 0.3 is 5.69 Å². The minimum atomic E-state index is -0.551.